The first-order chi connectivity index (χ1) is 9.84. The lowest BCUT2D eigenvalue weighted by Crippen LogP contribution is -2.20. The van der Waals surface area contributed by atoms with Crippen LogP contribution >= 0.6 is 19.5 Å². The third-order valence-corrected chi connectivity index (χ3v) is 5.81. The van der Waals surface area contributed by atoms with E-state index in [0.29, 0.717) is 0 Å². The van der Waals surface area contributed by atoms with E-state index in [4.69, 9.17) is 11.6 Å². The van der Waals surface area contributed by atoms with Crippen molar-refractivity contribution in [2.45, 2.75) is 0 Å². The van der Waals surface area contributed by atoms with Gasteiger partial charge in [-0.1, -0.05) is 84.4 Å². The van der Waals surface area contributed by atoms with Gasteiger partial charge in [0.15, 0.2) is 0 Å². The highest BCUT2D eigenvalue weighted by atomic mass is 35.5. The van der Waals surface area contributed by atoms with Gasteiger partial charge in [-0.2, -0.15) is 0 Å². The maximum atomic E-state index is 6.02. The maximum Gasteiger partial charge on any atom is 0.0406 e. The maximum absolute atomic E-state index is 6.02. The molecule has 3 rings (SSSR count). The van der Waals surface area contributed by atoms with E-state index >= 15 is 0 Å². The average molecular weight is 308 g/mol. The van der Waals surface area contributed by atoms with Crippen molar-refractivity contribution in [2.75, 3.05) is 0 Å². The van der Waals surface area contributed by atoms with Crippen molar-refractivity contribution in [3.8, 4) is 0 Å². The molecule has 0 nitrogen and oxygen atoms in total. The van der Waals surface area contributed by atoms with Crippen LogP contribution in [0.4, 0.5) is 0 Å². The summed E-state index contributed by atoms with van der Waals surface area (Å²) in [6.45, 7) is 0. The van der Waals surface area contributed by atoms with E-state index in [1.165, 1.54) is 15.9 Å². The molecule has 0 atom stereocenters. The van der Waals surface area contributed by atoms with Crippen molar-refractivity contribution >= 4 is 43.8 Å². The molecule has 3 heteroatoms. The Bertz CT molecular complexity index is 629. The molecule has 0 N–H and O–H groups in total. The Hall–Kier alpha value is -1.56. The molecule has 3 radical (unpaired) electrons. The van der Waals surface area contributed by atoms with Crippen molar-refractivity contribution in [2.24, 2.45) is 0 Å². The minimum atomic E-state index is -0.517. The Balaban J connectivity index is 0.00000161. The Morgan fingerprint density at radius 3 is 1.33 bits per heavy atom. The summed E-state index contributed by atoms with van der Waals surface area (Å²) >= 11 is 6.02. The first-order valence-corrected chi connectivity index (χ1v) is 8.22. The minimum Gasteiger partial charge on any atom is -0.0843 e. The Morgan fingerprint density at radius 2 is 0.905 bits per heavy atom. The van der Waals surface area contributed by atoms with E-state index in [2.05, 4.69) is 72.8 Å². The molecule has 0 saturated carbocycles. The molecule has 0 unspecified atom stereocenters. The van der Waals surface area contributed by atoms with Crippen LogP contribution in [0.2, 0.25) is 5.02 Å². The average Bonchev–Trinajstić information content (AvgIpc) is 2.52. The molecular formula is C18H14BClP. The smallest absolute Gasteiger partial charge is 0.0406 e. The van der Waals surface area contributed by atoms with Gasteiger partial charge in [-0.05, 0) is 36.0 Å². The fraction of sp³-hybridized carbons (Fsp3) is 0. The van der Waals surface area contributed by atoms with Gasteiger partial charge in [0.1, 0.15) is 0 Å². The van der Waals surface area contributed by atoms with E-state index in [1.54, 1.807) is 0 Å². The summed E-state index contributed by atoms with van der Waals surface area (Å²) < 4.78 is 0. The van der Waals surface area contributed by atoms with Crippen molar-refractivity contribution < 1.29 is 0 Å². The van der Waals surface area contributed by atoms with Crippen LogP contribution in [-0.4, -0.2) is 8.41 Å². The minimum absolute atomic E-state index is 0. The second-order valence-electron chi connectivity index (χ2n) is 4.48. The molecule has 0 heterocycles. The Morgan fingerprint density at radius 1 is 0.524 bits per heavy atom. The largest absolute Gasteiger partial charge is 0.0843 e. The van der Waals surface area contributed by atoms with Gasteiger partial charge in [-0.15, -0.1) is 0 Å². The molecular weight excluding hydrogens is 293 g/mol. The van der Waals surface area contributed by atoms with Crippen LogP contribution in [0.15, 0.2) is 84.9 Å². The van der Waals surface area contributed by atoms with Crippen LogP contribution in [-0.2, 0) is 0 Å². The van der Waals surface area contributed by atoms with Crippen LogP contribution in [0.5, 0.6) is 0 Å². The van der Waals surface area contributed by atoms with Gasteiger partial charge in [0.05, 0.1) is 0 Å². The molecule has 3 aromatic rings. The summed E-state index contributed by atoms with van der Waals surface area (Å²) in [5.41, 5.74) is 0. The molecule has 0 fully saturated rings. The summed E-state index contributed by atoms with van der Waals surface area (Å²) in [5, 5.41) is 4.82. The molecule has 0 aliphatic rings. The highest BCUT2D eigenvalue weighted by Crippen LogP contribution is 2.32. The molecule has 0 aliphatic carbocycles. The number of hydrogen-bond acceptors (Lipinski definition) is 0. The van der Waals surface area contributed by atoms with Gasteiger partial charge in [0, 0.05) is 13.4 Å². The topological polar surface area (TPSA) is 0 Å². The first-order valence-electron chi connectivity index (χ1n) is 6.50. The lowest BCUT2D eigenvalue weighted by Gasteiger charge is -2.19. The molecule has 0 spiro atoms. The Kier molecular flexibility index (Phi) is 5.62. The molecule has 3 aromatic carbocycles. The van der Waals surface area contributed by atoms with Gasteiger partial charge in [0.2, 0.25) is 0 Å². The van der Waals surface area contributed by atoms with Crippen LogP contribution in [0.25, 0.3) is 0 Å². The molecule has 0 amide bonds. The van der Waals surface area contributed by atoms with Gasteiger partial charge in [-0.3, -0.25) is 0 Å². The molecule has 21 heavy (non-hydrogen) atoms. The summed E-state index contributed by atoms with van der Waals surface area (Å²) in [7, 11) is -0.517. The van der Waals surface area contributed by atoms with Crippen molar-refractivity contribution in [1.29, 1.82) is 0 Å². The lowest BCUT2D eigenvalue weighted by molar-refractivity contribution is 1.73. The van der Waals surface area contributed by atoms with Crippen molar-refractivity contribution in [1.82, 2.24) is 0 Å². The van der Waals surface area contributed by atoms with Crippen LogP contribution in [0.1, 0.15) is 0 Å². The SMILES string of the molecule is Clc1ccc(P(c2ccccc2)c2ccccc2)cc1.[B]. The fourth-order valence-corrected chi connectivity index (χ4v) is 4.60. The van der Waals surface area contributed by atoms with E-state index in [1.807, 2.05) is 12.1 Å². The van der Waals surface area contributed by atoms with Crippen LogP contribution < -0.4 is 15.9 Å². The third-order valence-electron chi connectivity index (χ3n) is 3.11. The molecule has 0 aromatic heterocycles. The van der Waals surface area contributed by atoms with Gasteiger partial charge >= 0.3 is 0 Å². The fourth-order valence-electron chi connectivity index (χ4n) is 2.19. The molecule has 0 aliphatic heterocycles. The normalized spacial score (nSPS) is 10.2. The monoisotopic (exact) mass is 307 g/mol. The van der Waals surface area contributed by atoms with Crippen LogP contribution in [0, 0.1) is 0 Å². The van der Waals surface area contributed by atoms with Crippen molar-refractivity contribution in [3.05, 3.63) is 90.0 Å². The van der Waals surface area contributed by atoms with Gasteiger partial charge in [-0.25, -0.2) is 0 Å². The quantitative estimate of drug-likeness (QED) is 0.511. The van der Waals surface area contributed by atoms with E-state index in [9.17, 15) is 0 Å². The lowest BCUT2D eigenvalue weighted by atomic mass is 10.4. The van der Waals surface area contributed by atoms with E-state index < -0.39 is 7.92 Å². The second-order valence-corrected chi connectivity index (χ2v) is 7.14. The predicted octanol–water partition coefficient (Wildman–Crippen LogP) is 3.72. The second kappa shape index (κ2) is 7.45. The van der Waals surface area contributed by atoms with Gasteiger partial charge in [0.25, 0.3) is 0 Å². The first kappa shape index (κ1) is 15.8. The van der Waals surface area contributed by atoms with E-state index in [0.717, 1.165) is 5.02 Å². The summed E-state index contributed by atoms with van der Waals surface area (Å²) in [6, 6.07) is 29.5. The summed E-state index contributed by atoms with van der Waals surface area (Å²) in [4.78, 5) is 0. The van der Waals surface area contributed by atoms with E-state index in [-0.39, 0.29) is 8.41 Å². The third kappa shape index (κ3) is 3.76. The Labute approximate surface area is 134 Å². The molecule has 101 valence electrons. The van der Waals surface area contributed by atoms with Gasteiger partial charge < -0.3 is 0 Å². The van der Waals surface area contributed by atoms with Crippen LogP contribution in [0.3, 0.4) is 0 Å². The molecule has 0 bridgehead atoms. The number of halogens is 1. The zero-order valence-electron chi connectivity index (χ0n) is 11.5. The van der Waals surface area contributed by atoms with Crippen molar-refractivity contribution in [3.63, 3.8) is 0 Å². The number of rotatable bonds is 3. The zero-order valence-corrected chi connectivity index (χ0v) is 13.1. The molecule has 0 saturated heterocycles. The standard InChI is InChI=1S/C18H14ClP.B/c19-15-11-13-18(14-12-15)20(16-7-3-1-4-8-16)17-9-5-2-6-10-17;/h1-14H;. The summed E-state index contributed by atoms with van der Waals surface area (Å²) in [5.74, 6) is 0. The number of benzene rings is 3. The predicted molar refractivity (Wildman–Crippen MR) is 95.9 cm³/mol. The number of hydrogen-bond donors (Lipinski definition) is 0. The highest BCUT2D eigenvalue weighted by molar-refractivity contribution is 7.79. The summed E-state index contributed by atoms with van der Waals surface area (Å²) in [6.07, 6.45) is 0. The zero-order chi connectivity index (χ0) is 13.8. The highest BCUT2D eigenvalue weighted by Gasteiger charge is 2.15.